The van der Waals surface area contributed by atoms with Crippen LogP contribution in [-0.2, 0) is 20.9 Å². The largest absolute Gasteiger partial charge is 0.352 e. The maximum absolute atomic E-state index is 13.6. The zero-order chi connectivity index (χ0) is 27.4. The first kappa shape index (κ1) is 26.4. The lowest BCUT2D eigenvalue weighted by Gasteiger charge is -2.27. The lowest BCUT2D eigenvalue weighted by atomic mass is 10.1. The molecule has 0 spiro atoms. The van der Waals surface area contributed by atoms with Crippen molar-refractivity contribution in [2.75, 3.05) is 5.32 Å². The summed E-state index contributed by atoms with van der Waals surface area (Å²) in [6.45, 7) is 4.26. The molecule has 0 aliphatic carbocycles. The number of carbonyl (C=O) groups is 3. The predicted molar refractivity (Wildman–Crippen MR) is 155 cm³/mol. The minimum atomic E-state index is -0.867. The predicted octanol–water partition coefficient (Wildman–Crippen LogP) is 4.81. The summed E-state index contributed by atoms with van der Waals surface area (Å²) < 4.78 is 0. The molecule has 0 fully saturated rings. The number of fused-ring (bicyclic) bond motifs is 3. The van der Waals surface area contributed by atoms with Gasteiger partial charge >= 0.3 is 0 Å². The molecule has 2 atom stereocenters. The van der Waals surface area contributed by atoms with Crippen LogP contribution < -0.4 is 10.6 Å². The SMILES string of the molecule is CC[C@@H](SC1=Nc2ccccc2C2=N[C@H](CC(=O)NCc3ccccc3)C(=O)N12)C(=O)Nc1cccc(C)c1. The van der Waals surface area contributed by atoms with E-state index in [0.29, 0.717) is 29.7 Å². The zero-order valence-corrected chi connectivity index (χ0v) is 22.6. The van der Waals surface area contributed by atoms with Gasteiger partial charge in [0.1, 0.15) is 11.9 Å². The van der Waals surface area contributed by atoms with Crippen LogP contribution in [-0.4, -0.2) is 44.9 Å². The van der Waals surface area contributed by atoms with E-state index in [0.717, 1.165) is 22.4 Å². The van der Waals surface area contributed by atoms with Gasteiger partial charge in [0.2, 0.25) is 11.8 Å². The Bertz CT molecular complexity index is 1470. The molecular formula is C30H29N5O3S. The van der Waals surface area contributed by atoms with Gasteiger partial charge in [-0.25, -0.2) is 9.89 Å². The fourth-order valence-corrected chi connectivity index (χ4v) is 5.47. The molecule has 0 radical (unpaired) electrons. The summed E-state index contributed by atoms with van der Waals surface area (Å²) in [5, 5.41) is 5.74. The average molecular weight is 540 g/mol. The third-order valence-electron chi connectivity index (χ3n) is 6.46. The highest BCUT2D eigenvalue weighted by atomic mass is 32.2. The van der Waals surface area contributed by atoms with Gasteiger partial charge < -0.3 is 10.6 Å². The monoisotopic (exact) mass is 539 g/mol. The fourth-order valence-electron chi connectivity index (χ4n) is 4.45. The first-order chi connectivity index (χ1) is 18.9. The van der Waals surface area contributed by atoms with Crippen LogP contribution in [0.5, 0.6) is 0 Å². The van der Waals surface area contributed by atoms with Crippen molar-refractivity contribution < 1.29 is 14.4 Å². The van der Waals surface area contributed by atoms with E-state index in [2.05, 4.69) is 15.6 Å². The number of para-hydroxylation sites is 1. The summed E-state index contributed by atoms with van der Waals surface area (Å²) in [6.07, 6.45) is 0.458. The topological polar surface area (TPSA) is 103 Å². The summed E-state index contributed by atoms with van der Waals surface area (Å²) in [5.41, 5.74) is 4.13. The number of carbonyl (C=O) groups excluding carboxylic acids is 3. The second-order valence-electron chi connectivity index (χ2n) is 9.39. The van der Waals surface area contributed by atoms with Crippen molar-refractivity contribution in [2.45, 2.75) is 44.5 Å². The number of hydrogen-bond donors (Lipinski definition) is 2. The normalized spacial score (nSPS) is 16.5. The highest BCUT2D eigenvalue weighted by molar-refractivity contribution is 8.15. The minimum absolute atomic E-state index is 0.0726. The summed E-state index contributed by atoms with van der Waals surface area (Å²) in [6, 6.07) is 23.8. The molecule has 9 heteroatoms. The minimum Gasteiger partial charge on any atom is -0.352 e. The van der Waals surface area contributed by atoms with Crippen LogP contribution in [0.3, 0.4) is 0 Å². The quantitative estimate of drug-likeness (QED) is 0.429. The smallest absolute Gasteiger partial charge is 0.259 e. The Kier molecular flexibility index (Phi) is 7.88. The Hall–Kier alpha value is -4.24. The van der Waals surface area contributed by atoms with Crippen LogP contribution in [0.1, 0.15) is 36.5 Å². The second kappa shape index (κ2) is 11.7. The Balaban J connectivity index is 1.34. The first-order valence-electron chi connectivity index (χ1n) is 12.9. The number of rotatable bonds is 8. The van der Waals surface area contributed by atoms with Crippen molar-refractivity contribution in [3.05, 3.63) is 95.6 Å². The highest BCUT2D eigenvalue weighted by Crippen LogP contribution is 2.35. The molecule has 0 bridgehead atoms. The second-order valence-corrected chi connectivity index (χ2v) is 10.6. The number of anilines is 1. The molecule has 2 aliphatic heterocycles. The van der Waals surface area contributed by atoms with E-state index >= 15 is 0 Å². The van der Waals surface area contributed by atoms with Gasteiger partial charge in [-0.1, -0.05) is 73.3 Å². The van der Waals surface area contributed by atoms with Gasteiger partial charge in [-0.2, -0.15) is 0 Å². The van der Waals surface area contributed by atoms with Gasteiger partial charge in [0, 0.05) is 17.8 Å². The number of aryl methyl sites for hydroxylation is 1. The van der Waals surface area contributed by atoms with Crippen molar-refractivity contribution in [3.63, 3.8) is 0 Å². The van der Waals surface area contributed by atoms with E-state index in [4.69, 9.17) is 4.99 Å². The Morgan fingerprint density at radius 2 is 1.79 bits per heavy atom. The standard InChI is InChI=1S/C30H29N5O3S/c1-3-25(28(37)32-21-13-9-10-19(2)16-21)39-30-34-23-15-8-7-14-22(23)27-33-24(29(38)35(27)30)17-26(36)31-18-20-11-5-4-6-12-20/h4-16,24-25H,3,17-18H2,1-2H3,(H,31,36)(H,32,37)/t24-,25-/m1/s1. The first-order valence-corrected chi connectivity index (χ1v) is 13.8. The molecule has 0 unspecified atom stereocenters. The lowest BCUT2D eigenvalue weighted by molar-refractivity contribution is -0.128. The maximum Gasteiger partial charge on any atom is 0.259 e. The van der Waals surface area contributed by atoms with Gasteiger partial charge in [0.15, 0.2) is 5.17 Å². The zero-order valence-electron chi connectivity index (χ0n) is 21.8. The molecule has 5 rings (SSSR count). The van der Waals surface area contributed by atoms with Crippen molar-refractivity contribution in [3.8, 4) is 0 Å². The number of benzene rings is 3. The molecule has 8 nitrogen and oxygen atoms in total. The molecule has 0 aromatic heterocycles. The Morgan fingerprint density at radius 3 is 2.56 bits per heavy atom. The van der Waals surface area contributed by atoms with Crippen LogP contribution in [0.25, 0.3) is 0 Å². The number of amides is 3. The third-order valence-corrected chi connectivity index (χ3v) is 7.77. The van der Waals surface area contributed by atoms with Crippen LogP contribution in [0.15, 0.2) is 88.8 Å². The van der Waals surface area contributed by atoms with Crippen LogP contribution >= 0.6 is 11.8 Å². The molecule has 198 valence electrons. The van der Waals surface area contributed by atoms with Crippen molar-refractivity contribution in [2.24, 2.45) is 9.98 Å². The highest BCUT2D eigenvalue weighted by Gasteiger charge is 2.43. The van der Waals surface area contributed by atoms with Crippen molar-refractivity contribution >= 4 is 51.9 Å². The summed E-state index contributed by atoms with van der Waals surface area (Å²) in [5.74, 6) is -0.293. The molecule has 3 amide bonds. The summed E-state index contributed by atoms with van der Waals surface area (Å²) in [7, 11) is 0. The van der Waals surface area contributed by atoms with Crippen LogP contribution in [0.2, 0.25) is 0 Å². The summed E-state index contributed by atoms with van der Waals surface area (Å²) >= 11 is 1.23. The molecular weight excluding hydrogens is 510 g/mol. The van der Waals surface area contributed by atoms with E-state index in [9.17, 15) is 14.4 Å². The van der Waals surface area contributed by atoms with E-state index in [1.807, 2.05) is 92.7 Å². The van der Waals surface area contributed by atoms with E-state index in [-0.39, 0.29) is 24.1 Å². The van der Waals surface area contributed by atoms with Gasteiger partial charge in [-0.05, 0) is 48.7 Å². The Morgan fingerprint density at radius 1 is 1.03 bits per heavy atom. The molecule has 0 saturated heterocycles. The van der Waals surface area contributed by atoms with Crippen molar-refractivity contribution in [1.29, 1.82) is 0 Å². The maximum atomic E-state index is 13.6. The van der Waals surface area contributed by atoms with E-state index < -0.39 is 11.3 Å². The van der Waals surface area contributed by atoms with E-state index in [1.54, 1.807) is 0 Å². The van der Waals surface area contributed by atoms with Crippen LogP contribution in [0.4, 0.5) is 11.4 Å². The number of nitrogens with zero attached hydrogens (tertiary/aromatic N) is 3. The van der Waals surface area contributed by atoms with Crippen molar-refractivity contribution in [1.82, 2.24) is 10.2 Å². The lowest BCUT2D eigenvalue weighted by Crippen LogP contribution is -2.43. The molecule has 2 N–H and O–H groups in total. The summed E-state index contributed by atoms with van der Waals surface area (Å²) in [4.78, 5) is 50.3. The van der Waals surface area contributed by atoms with Gasteiger partial charge in [0.05, 0.1) is 17.4 Å². The van der Waals surface area contributed by atoms with Gasteiger partial charge in [0.25, 0.3) is 5.91 Å². The molecule has 3 aromatic rings. The number of aliphatic imine (C=N–C) groups is 2. The molecule has 0 saturated carbocycles. The number of thioether (sulfide) groups is 1. The molecule has 2 heterocycles. The average Bonchev–Trinajstić information content (AvgIpc) is 3.27. The Labute approximate surface area is 231 Å². The van der Waals surface area contributed by atoms with Gasteiger partial charge in [-0.3, -0.25) is 19.4 Å². The fraction of sp³-hybridized carbons (Fsp3) is 0.233. The molecule has 3 aromatic carbocycles. The number of nitrogens with one attached hydrogen (secondary N) is 2. The number of hydrogen-bond acceptors (Lipinski definition) is 6. The van der Waals surface area contributed by atoms with E-state index in [1.165, 1.54) is 16.7 Å². The molecule has 2 aliphatic rings. The van der Waals surface area contributed by atoms with Gasteiger partial charge in [-0.15, -0.1) is 0 Å². The third kappa shape index (κ3) is 5.93. The number of amidine groups is 2. The van der Waals surface area contributed by atoms with Crippen LogP contribution in [0, 0.1) is 6.92 Å². The molecule has 39 heavy (non-hydrogen) atoms.